The van der Waals surface area contributed by atoms with Crippen LogP contribution in [0.5, 0.6) is 0 Å². The van der Waals surface area contributed by atoms with Gasteiger partial charge in [0.2, 0.25) is 0 Å². The van der Waals surface area contributed by atoms with E-state index in [-0.39, 0.29) is 12.6 Å². The molecule has 1 aliphatic carbocycles. The lowest BCUT2D eigenvalue weighted by Crippen LogP contribution is -2.48. The molecule has 5 heteroatoms. The molecule has 1 fully saturated rings. The summed E-state index contributed by atoms with van der Waals surface area (Å²) in [4.78, 5) is 14.4. The molecule has 2 aliphatic rings. The second-order valence-electron chi connectivity index (χ2n) is 7.48. The summed E-state index contributed by atoms with van der Waals surface area (Å²) >= 11 is 0. The molecule has 1 saturated heterocycles. The Kier molecular flexibility index (Phi) is 5.41. The van der Waals surface area contributed by atoms with Gasteiger partial charge in [-0.05, 0) is 43.0 Å². The number of fused-ring (bicyclic) bond motifs is 1. The molecule has 3 rings (SSSR count). The van der Waals surface area contributed by atoms with Crippen LogP contribution in [-0.4, -0.2) is 54.4 Å². The minimum Gasteiger partial charge on any atom is -0.387 e. The monoisotopic (exact) mass is 331 g/mol. The highest BCUT2D eigenvalue weighted by molar-refractivity contribution is 5.73. The van der Waals surface area contributed by atoms with Gasteiger partial charge in [0.05, 0.1) is 5.60 Å². The van der Waals surface area contributed by atoms with Crippen LogP contribution in [0.1, 0.15) is 30.9 Å². The zero-order valence-electron chi connectivity index (χ0n) is 14.6. The molecule has 1 heterocycles. The molecule has 1 aromatic carbocycles. The van der Waals surface area contributed by atoms with Gasteiger partial charge in [0.1, 0.15) is 0 Å². The maximum Gasteiger partial charge on any atom is 0.314 e. The minimum absolute atomic E-state index is 0.190. The smallest absolute Gasteiger partial charge is 0.314 e. The molecule has 0 atom stereocenters. The fourth-order valence-electron chi connectivity index (χ4n) is 3.72. The topological polar surface area (TPSA) is 64.6 Å². The molecule has 0 unspecified atom stereocenters. The first-order valence-corrected chi connectivity index (χ1v) is 9.07. The third kappa shape index (κ3) is 4.48. The number of piperidine rings is 1. The van der Waals surface area contributed by atoms with Gasteiger partial charge in [-0.15, -0.1) is 0 Å². The van der Waals surface area contributed by atoms with Crippen LogP contribution in [0, 0.1) is 5.92 Å². The fraction of sp³-hybridized carbons (Fsp3) is 0.632. The lowest BCUT2D eigenvalue weighted by molar-refractivity contribution is 0.0536. The lowest BCUT2D eigenvalue weighted by atomic mass is 9.99. The molecular formula is C19H29N3O2. The molecule has 0 aromatic heterocycles. The van der Waals surface area contributed by atoms with Crippen LogP contribution in [0.25, 0.3) is 0 Å². The van der Waals surface area contributed by atoms with E-state index in [2.05, 4.69) is 22.5 Å². The van der Waals surface area contributed by atoms with E-state index in [1.54, 1.807) is 0 Å². The predicted molar refractivity (Wildman–Crippen MR) is 95.0 cm³/mol. The zero-order chi connectivity index (χ0) is 17.0. The number of nitrogens with zero attached hydrogens (tertiary/aromatic N) is 1. The summed E-state index contributed by atoms with van der Waals surface area (Å²) in [6.45, 7) is 6.39. The van der Waals surface area contributed by atoms with Crippen LogP contribution < -0.4 is 10.6 Å². The van der Waals surface area contributed by atoms with Crippen molar-refractivity contribution in [2.45, 2.75) is 38.2 Å². The van der Waals surface area contributed by atoms with E-state index in [0.717, 1.165) is 25.6 Å². The summed E-state index contributed by atoms with van der Waals surface area (Å²) in [6.07, 6.45) is 3.71. The molecule has 24 heavy (non-hydrogen) atoms. The van der Waals surface area contributed by atoms with Crippen LogP contribution in [0.15, 0.2) is 24.3 Å². The number of carbonyl (C=O) groups is 1. The number of aliphatic hydroxyl groups is 1. The predicted octanol–water partition coefficient (Wildman–Crippen LogP) is 1.55. The first kappa shape index (κ1) is 17.2. The Morgan fingerprint density at radius 2 is 1.83 bits per heavy atom. The van der Waals surface area contributed by atoms with Gasteiger partial charge in [0.15, 0.2) is 0 Å². The average molecular weight is 331 g/mol. The van der Waals surface area contributed by atoms with Crippen molar-refractivity contribution in [1.29, 1.82) is 0 Å². The highest BCUT2D eigenvalue weighted by Gasteiger charge is 2.35. The van der Waals surface area contributed by atoms with E-state index in [9.17, 15) is 9.90 Å². The third-order valence-electron chi connectivity index (χ3n) is 5.33. The molecule has 132 valence electrons. The number of amides is 2. The standard InChI is InChI=1S/C19H29N3O2/c1-15-6-9-22(10-7-15)11-8-20-18(23)21-14-19(24)12-16-4-2-3-5-17(16)13-19/h2-5,15,24H,6-14H2,1H3,(H2,20,21,23). The van der Waals surface area contributed by atoms with Crippen LogP contribution in [0.2, 0.25) is 0 Å². The number of nitrogens with one attached hydrogen (secondary N) is 2. The second-order valence-corrected chi connectivity index (χ2v) is 7.48. The summed E-state index contributed by atoms with van der Waals surface area (Å²) < 4.78 is 0. The average Bonchev–Trinajstić information content (AvgIpc) is 2.91. The van der Waals surface area contributed by atoms with Crippen LogP contribution in [0.4, 0.5) is 4.79 Å². The Morgan fingerprint density at radius 1 is 1.21 bits per heavy atom. The number of likely N-dealkylation sites (tertiary alicyclic amines) is 1. The summed E-state index contributed by atoms with van der Waals surface area (Å²) in [5, 5.41) is 16.4. The van der Waals surface area contributed by atoms with Crippen LogP contribution in [-0.2, 0) is 12.8 Å². The molecule has 3 N–H and O–H groups in total. The summed E-state index contributed by atoms with van der Waals surface area (Å²) in [5.74, 6) is 0.828. The van der Waals surface area contributed by atoms with E-state index in [0.29, 0.717) is 19.4 Å². The highest BCUT2D eigenvalue weighted by atomic mass is 16.3. The molecule has 0 radical (unpaired) electrons. The molecule has 1 aliphatic heterocycles. The van der Waals surface area contributed by atoms with E-state index >= 15 is 0 Å². The molecular weight excluding hydrogens is 302 g/mol. The number of rotatable bonds is 5. The number of hydrogen-bond acceptors (Lipinski definition) is 3. The van der Waals surface area contributed by atoms with Crippen molar-refractivity contribution in [2.75, 3.05) is 32.7 Å². The fourth-order valence-corrected chi connectivity index (χ4v) is 3.72. The van der Waals surface area contributed by atoms with Crippen molar-refractivity contribution >= 4 is 6.03 Å². The molecule has 2 amide bonds. The number of carbonyl (C=O) groups excluding carboxylic acids is 1. The van der Waals surface area contributed by atoms with Gasteiger partial charge >= 0.3 is 6.03 Å². The van der Waals surface area contributed by atoms with Crippen molar-refractivity contribution in [3.63, 3.8) is 0 Å². The summed E-state index contributed by atoms with van der Waals surface area (Å²) in [6, 6.07) is 7.89. The summed E-state index contributed by atoms with van der Waals surface area (Å²) in [7, 11) is 0. The molecule has 5 nitrogen and oxygen atoms in total. The third-order valence-corrected chi connectivity index (χ3v) is 5.33. The maximum atomic E-state index is 12.0. The van der Waals surface area contributed by atoms with E-state index in [1.807, 2.05) is 24.3 Å². The highest BCUT2D eigenvalue weighted by Crippen LogP contribution is 2.29. The second kappa shape index (κ2) is 7.53. The van der Waals surface area contributed by atoms with Gasteiger partial charge in [-0.25, -0.2) is 4.79 Å². The van der Waals surface area contributed by atoms with Gasteiger partial charge in [-0.2, -0.15) is 0 Å². The van der Waals surface area contributed by atoms with Gasteiger partial charge < -0.3 is 20.6 Å². The van der Waals surface area contributed by atoms with Crippen molar-refractivity contribution in [3.8, 4) is 0 Å². The number of hydrogen-bond donors (Lipinski definition) is 3. The first-order valence-electron chi connectivity index (χ1n) is 9.07. The minimum atomic E-state index is -0.857. The molecule has 1 aromatic rings. The Hall–Kier alpha value is -1.59. The molecule has 0 spiro atoms. The maximum absolute atomic E-state index is 12.0. The molecule has 0 saturated carbocycles. The van der Waals surface area contributed by atoms with Crippen molar-refractivity contribution in [1.82, 2.24) is 15.5 Å². The van der Waals surface area contributed by atoms with Gasteiger partial charge in [0, 0.05) is 32.5 Å². The lowest BCUT2D eigenvalue weighted by Gasteiger charge is -2.30. The van der Waals surface area contributed by atoms with Crippen LogP contribution in [0.3, 0.4) is 0 Å². The molecule has 0 bridgehead atoms. The quantitative estimate of drug-likeness (QED) is 0.767. The van der Waals surface area contributed by atoms with Crippen molar-refractivity contribution in [3.05, 3.63) is 35.4 Å². The Morgan fingerprint density at radius 3 is 2.46 bits per heavy atom. The van der Waals surface area contributed by atoms with E-state index < -0.39 is 5.60 Å². The Labute approximate surface area is 144 Å². The van der Waals surface area contributed by atoms with Crippen molar-refractivity contribution in [2.24, 2.45) is 5.92 Å². The first-order chi connectivity index (χ1) is 11.5. The van der Waals surface area contributed by atoms with Crippen LogP contribution >= 0.6 is 0 Å². The largest absolute Gasteiger partial charge is 0.387 e. The Bertz CT molecular complexity index is 542. The SMILES string of the molecule is CC1CCN(CCNC(=O)NCC2(O)Cc3ccccc3C2)CC1. The Balaban J connectivity index is 1.34. The zero-order valence-corrected chi connectivity index (χ0v) is 14.6. The van der Waals surface area contributed by atoms with Gasteiger partial charge in [-0.3, -0.25) is 0 Å². The number of benzene rings is 1. The van der Waals surface area contributed by atoms with Gasteiger partial charge in [-0.1, -0.05) is 31.2 Å². The van der Waals surface area contributed by atoms with E-state index in [1.165, 1.54) is 24.0 Å². The van der Waals surface area contributed by atoms with Gasteiger partial charge in [0.25, 0.3) is 0 Å². The van der Waals surface area contributed by atoms with E-state index in [4.69, 9.17) is 0 Å². The summed E-state index contributed by atoms with van der Waals surface area (Å²) in [5.41, 5.74) is 1.51. The van der Waals surface area contributed by atoms with Crippen molar-refractivity contribution < 1.29 is 9.90 Å². The normalized spacial score (nSPS) is 20.6. The number of urea groups is 1.